The molecule has 0 nitrogen and oxygen atoms in total. The van der Waals surface area contributed by atoms with Crippen LogP contribution in [0.15, 0.2) is 0 Å². The lowest BCUT2D eigenvalue weighted by Gasteiger charge is -2.11. The van der Waals surface area contributed by atoms with E-state index in [1.165, 1.54) is 225 Å². The highest BCUT2D eigenvalue weighted by Crippen LogP contribution is 2.20. The Kier molecular flexibility index (Phi) is 36.0. The quantitative estimate of drug-likeness (QED) is 0.0691. The third-order valence-corrected chi connectivity index (χ3v) is 9.35. The van der Waals surface area contributed by atoms with Gasteiger partial charge in [0.2, 0.25) is 0 Å². The van der Waals surface area contributed by atoms with Crippen molar-refractivity contribution in [2.75, 3.05) is 0 Å². The minimum absolute atomic E-state index is 0.967. The van der Waals surface area contributed by atoms with Crippen LogP contribution < -0.4 is 0 Å². The average Bonchev–Trinajstić information content (AvgIpc) is 2.94. The zero-order chi connectivity index (χ0) is 28.3. The standard InChI is InChI=1S/C39H80/c1-4-6-8-10-12-14-15-16-17-18-19-20-21-22-23-24-25-26-27-28-30-32-34-36-38-39(3)37-35-33-31-29-13-11-9-7-5-2/h39H,4-38H2,1-3H3. The normalized spacial score (nSPS) is 12.4. The lowest BCUT2D eigenvalue weighted by Crippen LogP contribution is -1.95. The summed E-state index contributed by atoms with van der Waals surface area (Å²) in [6.45, 7) is 7.12. The molecular formula is C39H80. The van der Waals surface area contributed by atoms with Crippen molar-refractivity contribution in [1.82, 2.24) is 0 Å². The van der Waals surface area contributed by atoms with E-state index in [1.54, 1.807) is 0 Å². The molecule has 0 aliphatic rings. The van der Waals surface area contributed by atoms with Gasteiger partial charge in [-0.1, -0.05) is 245 Å². The number of hydrogen-bond acceptors (Lipinski definition) is 0. The van der Waals surface area contributed by atoms with Crippen molar-refractivity contribution in [2.24, 2.45) is 5.92 Å². The molecule has 1 unspecified atom stereocenters. The Labute approximate surface area is 251 Å². The van der Waals surface area contributed by atoms with Gasteiger partial charge in [-0.3, -0.25) is 0 Å². The van der Waals surface area contributed by atoms with E-state index >= 15 is 0 Å². The third kappa shape index (κ3) is 36.0. The fraction of sp³-hybridized carbons (Fsp3) is 1.00. The van der Waals surface area contributed by atoms with Crippen molar-refractivity contribution in [3.05, 3.63) is 0 Å². The van der Waals surface area contributed by atoms with E-state index in [-0.39, 0.29) is 0 Å². The van der Waals surface area contributed by atoms with Crippen LogP contribution in [0.3, 0.4) is 0 Å². The summed E-state index contributed by atoms with van der Waals surface area (Å²) < 4.78 is 0. The maximum absolute atomic E-state index is 2.50. The zero-order valence-electron chi connectivity index (χ0n) is 28.3. The molecule has 0 N–H and O–H groups in total. The molecule has 0 saturated heterocycles. The van der Waals surface area contributed by atoms with Gasteiger partial charge in [0.15, 0.2) is 0 Å². The van der Waals surface area contributed by atoms with Crippen LogP contribution >= 0.6 is 0 Å². The van der Waals surface area contributed by atoms with Gasteiger partial charge < -0.3 is 0 Å². The van der Waals surface area contributed by atoms with Gasteiger partial charge in [-0.25, -0.2) is 0 Å². The number of unbranched alkanes of at least 4 members (excludes halogenated alkanes) is 31. The molecule has 0 spiro atoms. The van der Waals surface area contributed by atoms with E-state index in [2.05, 4.69) is 20.8 Å². The van der Waals surface area contributed by atoms with Crippen LogP contribution in [0.2, 0.25) is 0 Å². The number of hydrogen-bond donors (Lipinski definition) is 0. The predicted molar refractivity (Wildman–Crippen MR) is 182 cm³/mol. The van der Waals surface area contributed by atoms with Gasteiger partial charge >= 0.3 is 0 Å². The predicted octanol–water partition coefficient (Wildman–Crippen LogP) is 15.3. The third-order valence-electron chi connectivity index (χ3n) is 9.35. The highest BCUT2D eigenvalue weighted by molar-refractivity contribution is 4.57. The van der Waals surface area contributed by atoms with Gasteiger partial charge in [0.25, 0.3) is 0 Å². The average molecular weight is 549 g/mol. The van der Waals surface area contributed by atoms with Crippen molar-refractivity contribution < 1.29 is 0 Å². The molecule has 0 bridgehead atoms. The SMILES string of the molecule is CCCCCCCCCCCCCCCCCCCCCCCCCCC(C)CCCCCCCCCCC. The molecule has 0 amide bonds. The Balaban J connectivity index is 3.10. The fourth-order valence-corrected chi connectivity index (χ4v) is 6.40. The topological polar surface area (TPSA) is 0 Å². The van der Waals surface area contributed by atoms with Gasteiger partial charge in [-0.05, 0) is 5.92 Å². The van der Waals surface area contributed by atoms with Gasteiger partial charge in [0.05, 0.1) is 0 Å². The Bertz CT molecular complexity index is 399. The van der Waals surface area contributed by atoms with E-state index < -0.39 is 0 Å². The van der Waals surface area contributed by atoms with Crippen LogP contribution in [0.25, 0.3) is 0 Å². The summed E-state index contributed by atoms with van der Waals surface area (Å²) in [4.78, 5) is 0. The molecule has 0 aromatic carbocycles. The first-order chi connectivity index (χ1) is 19.3. The van der Waals surface area contributed by atoms with Crippen LogP contribution in [0.4, 0.5) is 0 Å². The second kappa shape index (κ2) is 36.0. The summed E-state index contributed by atoms with van der Waals surface area (Å²) in [6.07, 6.45) is 51.7. The van der Waals surface area contributed by atoms with Crippen LogP contribution in [0.5, 0.6) is 0 Å². The summed E-state index contributed by atoms with van der Waals surface area (Å²) in [5.74, 6) is 0.967. The van der Waals surface area contributed by atoms with E-state index in [1.807, 2.05) is 0 Å². The first-order valence-electron chi connectivity index (χ1n) is 19.3. The van der Waals surface area contributed by atoms with Gasteiger partial charge in [-0.2, -0.15) is 0 Å². The highest BCUT2D eigenvalue weighted by Gasteiger charge is 2.02. The summed E-state index contributed by atoms with van der Waals surface area (Å²) in [7, 11) is 0. The van der Waals surface area contributed by atoms with Crippen LogP contribution in [-0.2, 0) is 0 Å². The van der Waals surface area contributed by atoms with E-state index in [4.69, 9.17) is 0 Å². The Hall–Kier alpha value is 0. The van der Waals surface area contributed by atoms with Crippen molar-refractivity contribution in [2.45, 2.75) is 245 Å². The maximum Gasteiger partial charge on any atom is -0.0443 e. The Morgan fingerprint density at radius 3 is 0.564 bits per heavy atom. The Morgan fingerprint density at radius 2 is 0.385 bits per heavy atom. The molecule has 0 aromatic heterocycles. The molecule has 0 fully saturated rings. The molecule has 0 rings (SSSR count). The monoisotopic (exact) mass is 549 g/mol. The summed E-state index contributed by atoms with van der Waals surface area (Å²) in [6, 6.07) is 0. The molecule has 236 valence electrons. The molecule has 39 heavy (non-hydrogen) atoms. The minimum atomic E-state index is 0.967. The van der Waals surface area contributed by atoms with Crippen LogP contribution in [-0.4, -0.2) is 0 Å². The molecule has 0 saturated carbocycles. The molecular weight excluding hydrogens is 468 g/mol. The summed E-state index contributed by atoms with van der Waals surface area (Å²) in [5.41, 5.74) is 0. The van der Waals surface area contributed by atoms with Crippen LogP contribution in [0.1, 0.15) is 245 Å². The maximum atomic E-state index is 2.50. The minimum Gasteiger partial charge on any atom is -0.0654 e. The lowest BCUT2D eigenvalue weighted by atomic mass is 9.95. The number of rotatable bonds is 35. The van der Waals surface area contributed by atoms with E-state index in [9.17, 15) is 0 Å². The van der Waals surface area contributed by atoms with E-state index in [0.29, 0.717) is 0 Å². The lowest BCUT2D eigenvalue weighted by molar-refractivity contribution is 0.430. The molecule has 0 heteroatoms. The summed E-state index contributed by atoms with van der Waals surface area (Å²) >= 11 is 0. The van der Waals surface area contributed by atoms with Gasteiger partial charge in [0.1, 0.15) is 0 Å². The van der Waals surface area contributed by atoms with Crippen molar-refractivity contribution >= 4 is 0 Å². The second-order valence-electron chi connectivity index (χ2n) is 13.6. The highest BCUT2D eigenvalue weighted by atomic mass is 14.1. The van der Waals surface area contributed by atoms with Crippen LogP contribution in [0, 0.1) is 5.92 Å². The van der Waals surface area contributed by atoms with Crippen molar-refractivity contribution in [3.8, 4) is 0 Å². The van der Waals surface area contributed by atoms with Crippen molar-refractivity contribution in [1.29, 1.82) is 0 Å². The first-order valence-corrected chi connectivity index (χ1v) is 19.3. The summed E-state index contributed by atoms with van der Waals surface area (Å²) in [5, 5.41) is 0. The molecule has 0 aliphatic carbocycles. The van der Waals surface area contributed by atoms with Gasteiger partial charge in [0, 0.05) is 0 Å². The molecule has 0 aromatic rings. The fourth-order valence-electron chi connectivity index (χ4n) is 6.40. The van der Waals surface area contributed by atoms with Crippen molar-refractivity contribution in [3.63, 3.8) is 0 Å². The first kappa shape index (κ1) is 39.0. The molecule has 1 atom stereocenters. The molecule has 0 aliphatic heterocycles. The zero-order valence-corrected chi connectivity index (χ0v) is 28.3. The molecule has 0 radical (unpaired) electrons. The Morgan fingerprint density at radius 1 is 0.231 bits per heavy atom. The smallest absolute Gasteiger partial charge is 0.0443 e. The van der Waals surface area contributed by atoms with E-state index in [0.717, 1.165) is 5.92 Å². The second-order valence-corrected chi connectivity index (χ2v) is 13.6. The largest absolute Gasteiger partial charge is 0.0654 e. The molecule has 0 heterocycles. The van der Waals surface area contributed by atoms with Gasteiger partial charge in [-0.15, -0.1) is 0 Å².